The lowest BCUT2D eigenvalue weighted by Crippen LogP contribution is -2.26. The SMILES string of the molecule is c1nc(C2CCNCC2)oc1C1CCCOC1. The van der Waals surface area contributed by atoms with Gasteiger partial charge in [0.25, 0.3) is 0 Å². The predicted molar refractivity (Wildman–Crippen MR) is 64.1 cm³/mol. The van der Waals surface area contributed by atoms with E-state index in [0.29, 0.717) is 11.8 Å². The molecular formula is C13H20N2O2. The van der Waals surface area contributed by atoms with Gasteiger partial charge in [-0.3, -0.25) is 0 Å². The van der Waals surface area contributed by atoms with Gasteiger partial charge in [0.2, 0.25) is 0 Å². The standard InChI is InChI=1S/C13H20N2O2/c1-2-11(9-16-7-1)12-8-15-13(17-12)10-3-5-14-6-4-10/h8,10-11,14H,1-7,9H2. The van der Waals surface area contributed by atoms with Crippen LogP contribution < -0.4 is 5.32 Å². The number of nitrogens with zero attached hydrogens (tertiary/aromatic N) is 1. The van der Waals surface area contributed by atoms with Gasteiger partial charge in [0.1, 0.15) is 5.76 Å². The third-order valence-corrected chi connectivity index (χ3v) is 3.79. The molecule has 17 heavy (non-hydrogen) atoms. The summed E-state index contributed by atoms with van der Waals surface area (Å²) in [5.41, 5.74) is 0. The molecule has 0 aliphatic carbocycles. The van der Waals surface area contributed by atoms with Crippen molar-refractivity contribution in [1.29, 1.82) is 0 Å². The summed E-state index contributed by atoms with van der Waals surface area (Å²) < 4.78 is 11.4. The van der Waals surface area contributed by atoms with Crippen molar-refractivity contribution in [1.82, 2.24) is 10.3 Å². The Morgan fingerprint density at radius 2 is 2.06 bits per heavy atom. The molecule has 0 radical (unpaired) electrons. The van der Waals surface area contributed by atoms with Crippen molar-refractivity contribution in [2.45, 2.75) is 37.5 Å². The Morgan fingerprint density at radius 3 is 2.82 bits per heavy atom. The van der Waals surface area contributed by atoms with E-state index in [0.717, 1.165) is 57.2 Å². The smallest absolute Gasteiger partial charge is 0.197 e. The van der Waals surface area contributed by atoms with Crippen molar-refractivity contribution >= 4 is 0 Å². The van der Waals surface area contributed by atoms with E-state index in [9.17, 15) is 0 Å². The van der Waals surface area contributed by atoms with Crippen molar-refractivity contribution in [3.8, 4) is 0 Å². The van der Waals surface area contributed by atoms with Crippen LogP contribution in [0.2, 0.25) is 0 Å². The molecule has 2 saturated heterocycles. The van der Waals surface area contributed by atoms with Gasteiger partial charge in [-0.2, -0.15) is 0 Å². The Hall–Kier alpha value is -0.870. The maximum absolute atomic E-state index is 5.94. The average molecular weight is 236 g/mol. The Balaban J connectivity index is 1.68. The van der Waals surface area contributed by atoms with Gasteiger partial charge in [0, 0.05) is 18.4 Å². The fourth-order valence-electron chi connectivity index (χ4n) is 2.71. The zero-order valence-electron chi connectivity index (χ0n) is 10.2. The number of piperidine rings is 1. The first-order chi connectivity index (χ1) is 8.43. The molecule has 1 aromatic heterocycles. The van der Waals surface area contributed by atoms with E-state index in [-0.39, 0.29) is 0 Å². The summed E-state index contributed by atoms with van der Waals surface area (Å²) in [4.78, 5) is 4.47. The molecule has 0 saturated carbocycles. The number of ether oxygens (including phenoxy) is 1. The van der Waals surface area contributed by atoms with Gasteiger partial charge in [-0.1, -0.05) is 0 Å². The van der Waals surface area contributed by atoms with Crippen molar-refractivity contribution in [3.63, 3.8) is 0 Å². The molecule has 0 spiro atoms. The van der Waals surface area contributed by atoms with E-state index in [4.69, 9.17) is 9.15 Å². The van der Waals surface area contributed by atoms with Crippen LogP contribution in [-0.2, 0) is 4.74 Å². The molecule has 2 fully saturated rings. The summed E-state index contributed by atoms with van der Waals surface area (Å²) in [6.07, 6.45) is 6.49. The predicted octanol–water partition coefficient (Wildman–Crippen LogP) is 2.04. The van der Waals surface area contributed by atoms with E-state index >= 15 is 0 Å². The maximum Gasteiger partial charge on any atom is 0.197 e. The summed E-state index contributed by atoms with van der Waals surface area (Å²) in [7, 11) is 0. The zero-order valence-corrected chi connectivity index (χ0v) is 10.2. The molecule has 1 unspecified atom stereocenters. The zero-order chi connectivity index (χ0) is 11.5. The molecule has 0 bridgehead atoms. The third-order valence-electron chi connectivity index (χ3n) is 3.79. The molecule has 2 aliphatic heterocycles. The number of aromatic nitrogens is 1. The molecule has 3 rings (SSSR count). The van der Waals surface area contributed by atoms with Gasteiger partial charge in [-0.05, 0) is 38.8 Å². The lowest BCUT2D eigenvalue weighted by molar-refractivity contribution is 0.0735. The summed E-state index contributed by atoms with van der Waals surface area (Å²) in [6, 6.07) is 0. The number of hydrogen-bond acceptors (Lipinski definition) is 4. The van der Waals surface area contributed by atoms with E-state index in [1.165, 1.54) is 6.42 Å². The van der Waals surface area contributed by atoms with Crippen LogP contribution >= 0.6 is 0 Å². The largest absolute Gasteiger partial charge is 0.445 e. The Labute approximate surface area is 102 Å². The first kappa shape index (κ1) is 11.2. The van der Waals surface area contributed by atoms with Gasteiger partial charge in [-0.15, -0.1) is 0 Å². The van der Waals surface area contributed by atoms with Crippen molar-refractivity contribution in [2.75, 3.05) is 26.3 Å². The van der Waals surface area contributed by atoms with Gasteiger partial charge < -0.3 is 14.5 Å². The highest BCUT2D eigenvalue weighted by atomic mass is 16.5. The first-order valence-electron chi connectivity index (χ1n) is 6.67. The Morgan fingerprint density at radius 1 is 1.18 bits per heavy atom. The molecule has 0 aromatic carbocycles. The highest BCUT2D eigenvalue weighted by Crippen LogP contribution is 2.30. The number of nitrogens with one attached hydrogen (secondary N) is 1. The number of hydrogen-bond donors (Lipinski definition) is 1. The van der Waals surface area contributed by atoms with Crippen LogP contribution in [-0.4, -0.2) is 31.3 Å². The highest BCUT2D eigenvalue weighted by Gasteiger charge is 2.24. The van der Waals surface area contributed by atoms with E-state index in [1.54, 1.807) is 0 Å². The fraction of sp³-hybridized carbons (Fsp3) is 0.769. The van der Waals surface area contributed by atoms with Gasteiger partial charge >= 0.3 is 0 Å². The Kier molecular flexibility index (Phi) is 3.43. The van der Waals surface area contributed by atoms with E-state index in [2.05, 4.69) is 10.3 Å². The summed E-state index contributed by atoms with van der Waals surface area (Å²) in [6.45, 7) is 3.84. The molecule has 3 heterocycles. The van der Waals surface area contributed by atoms with Gasteiger partial charge in [0.05, 0.1) is 12.8 Å². The minimum absolute atomic E-state index is 0.423. The summed E-state index contributed by atoms with van der Waals surface area (Å²) in [5, 5.41) is 3.37. The molecule has 2 aliphatic rings. The van der Waals surface area contributed by atoms with Crippen LogP contribution in [0.1, 0.15) is 49.2 Å². The molecule has 1 atom stereocenters. The second-order valence-electron chi connectivity index (χ2n) is 5.04. The van der Waals surface area contributed by atoms with E-state index in [1.807, 2.05) is 6.20 Å². The maximum atomic E-state index is 5.94. The molecule has 4 nitrogen and oxygen atoms in total. The van der Waals surface area contributed by atoms with Crippen LogP contribution in [0, 0.1) is 0 Å². The normalized spacial score (nSPS) is 27.2. The van der Waals surface area contributed by atoms with Crippen LogP contribution in [0.5, 0.6) is 0 Å². The quantitative estimate of drug-likeness (QED) is 0.853. The second-order valence-corrected chi connectivity index (χ2v) is 5.04. The first-order valence-corrected chi connectivity index (χ1v) is 6.67. The minimum Gasteiger partial charge on any atom is -0.445 e. The third kappa shape index (κ3) is 2.53. The van der Waals surface area contributed by atoms with Crippen molar-refractivity contribution < 1.29 is 9.15 Å². The number of rotatable bonds is 2. The molecule has 1 N–H and O–H groups in total. The lowest BCUT2D eigenvalue weighted by atomic mass is 9.98. The van der Waals surface area contributed by atoms with Gasteiger partial charge in [0.15, 0.2) is 5.89 Å². The fourth-order valence-corrected chi connectivity index (χ4v) is 2.71. The van der Waals surface area contributed by atoms with Crippen LogP contribution in [0.25, 0.3) is 0 Å². The molecular weight excluding hydrogens is 216 g/mol. The monoisotopic (exact) mass is 236 g/mol. The van der Waals surface area contributed by atoms with Crippen molar-refractivity contribution in [3.05, 3.63) is 17.8 Å². The Bertz CT molecular complexity index is 320. The second kappa shape index (κ2) is 5.19. The molecule has 1 aromatic rings. The number of oxazole rings is 1. The summed E-state index contributed by atoms with van der Waals surface area (Å²) in [5.74, 6) is 2.89. The lowest BCUT2D eigenvalue weighted by Gasteiger charge is -2.21. The van der Waals surface area contributed by atoms with Crippen LogP contribution in [0.3, 0.4) is 0 Å². The topological polar surface area (TPSA) is 47.3 Å². The average Bonchev–Trinajstić information content (AvgIpc) is 2.90. The van der Waals surface area contributed by atoms with Gasteiger partial charge in [-0.25, -0.2) is 4.98 Å². The van der Waals surface area contributed by atoms with Crippen LogP contribution in [0.4, 0.5) is 0 Å². The summed E-state index contributed by atoms with van der Waals surface area (Å²) >= 11 is 0. The molecule has 94 valence electrons. The highest BCUT2D eigenvalue weighted by molar-refractivity contribution is 5.06. The molecule has 4 heteroatoms. The van der Waals surface area contributed by atoms with Crippen molar-refractivity contribution in [2.24, 2.45) is 0 Å². The van der Waals surface area contributed by atoms with Crippen LogP contribution in [0.15, 0.2) is 10.6 Å². The van der Waals surface area contributed by atoms with E-state index < -0.39 is 0 Å². The minimum atomic E-state index is 0.423. The molecule has 0 amide bonds.